The van der Waals surface area contributed by atoms with Crippen LogP contribution in [0.25, 0.3) is 0 Å². The Morgan fingerprint density at radius 3 is 2.60 bits per heavy atom. The molecule has 0 saturated carbocycles. The summed E-state index contributed by atoms with van der Waals surface area (Å²) in [4.78, 5) is 36.4. The van der Waals surface area contributed by atoms with Gasteiger partial charge in [-0.3, -0.25) is 9.59 Å². The third-order valence-corrected chi connectivity index (χ3v) is 5.73. The molecule has 0 aromatic carbocycles. The minimum Gasteiger partial charge on any atom is -0.428 e. The molecule has 2 aliphatic rings. The first kappa shape index (κ1) is 15.6. The van der Waals surface area contributed by atoms with Gasteiger partial charge in [0.15, 0.2) is 0 Å². The summed E-state index contributed by atoms with van der Waals surface area (Å²) >= 11 is 4.92. The van der Waals surface area contributed by atoms with Gasteiger partial charge >= 0.3 is 11.9 Å². The molecule has 0 spiro atoms. The molecule has 1 amide bonds. The Labute approximate surface area is 129 Å². The number of carbonyl (C=O) groups excluding carboxylic acids is 3. The Hall–Kier alpha value is -0.760. The fourth-order valence-electron chi connectivity index (χ4n) is 2.46. The number of alkyl halides is 1. The second kappa shape index (κ2) is 5.55. The molecule has 0 N–H and O–H groups in total. The second-order valence-corrected chi connectivity index (χ2v) is 7.66. The molecule has 2 rings (SSSR count). The van der Waals surface area contributed by atoms with Gasteiger partial charge in [0, 0.05) is 17.0 Å². The van der Waals surface area contributed by atoms with Crippen molar-refractivity contribution in [3.63, 3.8) is 0 Å². The van der Waals surface area contributed by atoms with E-state index in [4.69, 9.17) is 4.74 Å². The lowest BCUT2D eigenvalue weighted by Gasteiger charge is -2.43. The van der Waals surface area contributed by atoms with Gasteiger partial charge in [-0.1, -0.05) is 15.9 Å². The van der Waals surface area contributed by atoms with Gasteiger partial charge in [0.25, 0.3) is 0 Å². The molecule has 0 bridgehead atoms. The van der Waals surface area contributed by atoms with Crippen LogP contribution in [0.2, 0.25) is 0 Å². The van der Waals surface area contributed by atoms with Crippen LogP contribution < -0.4 is 0 Å². The highest BCUT2D eigenvalue weighted by Crippen LogP contribution is 2.53. The third kappa shape index (κ3) is 2.55. The molecule has 0 radical (unpaired) electrons. The smallest absolute Gasteiger partial charge is 0.333 e. The molecule has 20 heavy (non-hydrogen) atoms. The minimum atomic E-state index is -0.643. The van der Waals surface area contributed by atoms with Gasteiger partial charge in [-0.25, -0.2) is 4.79 Å². The van der Waals surface area contributed by atoms with Gasteiger partial charge < -0.3 is 14.4 Å². The molecule has 0 aliphatic carbocycles. The zero-order valence-corrected chi connectivity index (χ0v) is 13.8. The van der Waals surface area contributed by atoms with Gasteiger partial charge in [-0.2, -0.15) is 0 Å². The monoisotopic (exact) mass is 365 g/mol. The molecule has 3 atom stereocenters. The zero-order valence-electron chi connectivity index (χ0n) is 11.4. The molecule has 0 aromatic heterocycles. The first-order chi connectivity index (χ1) is 9.29. The van der Waals surface area contributed by atoms with Crippen molar-refractivity contribution in [1.82, 2.24) is 4.90 Å². The average Bonchev–Trinajstić information content (AvgIpc) is 2.58. The maximum absolute atomic E-state index is 12.1. The Morgan fingerprint density at radius 2 is 2.05 bits per heavy atom. The highest BCUT2D eigenvalue weighted by Gasteiger charge is 2.63. The Balaban J connectivity index is 2.04. The van der Waals surface area contributed by atoms with E-state index < -0.39 is 29.5 Å². The normalized spacial score (nSPS) is 30.5. The van der Waals surface area contributed by atoms with E-state index in [9.17, 15) is 14.4 Å². The summed E-state index contributed by atoms with van der Waals surface area (Å²) in [6, 6.07) is -0.643. The lowest BCUT2D eigenvalue weighted by atomic mass is 9.93. The Bertz CT molecular complexity index is 455. The van der Waals surface area contributed by atoms with E-state index in [-0.39, 0.29) is 17.2 Å². The van der Waals surface area contributed by atoms with E-state index in [1.807, 2.05) is 13.8 Å². The van der Waals surface area contributed by atoms with Crippen LogP contribution in [0.1, 0.15) is 20.8 Å². The van der Waals surface area contributed by atoms with Crippen LogP contribution in [0.4, 0.5) is 0 Å². The fourth-order valence-corrected chi connectivity index (χ4v) is 5.02. The molecule has 2 fully saturated rings. The molecule has 0 aromatic rings. The first-order valence-electron chi connectivity index (χ1n) is 6.15. The summed E-state index contributed by atoms with van der Waals surface area (Å²) in [6.07, 6.45) is 0. The number of carbonyl (C=O) groups is 3. The molecule has 8 heteroatoms. The molecule has 2 heterocycles. The fraction of sp³-hybridized carbons (Fsp3) is 0.750. The summed E-state index contributed by atoms with van der Waals surface area (Å²) in [5.41, 5.74) is 0. The minimum absolute atomic E-state index is 0.00292. The molecule has 0 unspecified atom stereocenters. The number of esters is 2. The number of fused-ring (bicyclic) bond motifs is 1. The number of rotatable bonds is 4. The van der Waals surface area contributed by atoms with Crippen molar-refractivity contribution < 1.29 is 23.9 Å². The van der Waals surface area contributed by atoms with Crippen LogP contribution in [-0.4, -0.2) is 51.0 Å². The SMILES string of the molecule is CC(=O)OCOC(=O)[C@@H]1N2C(=O)[C@H](CBr)[C@H]2SC1(C)C. The molecular weight excluding hydrogens is 350 g/mol. The average molecular weight is 366 g/mol. The van der Waals surface area contributed by atoms with Crippen LogP contribution in [0, 0.1) is 5.92 Å². The van der Waals surface area contributed by atoms with Gasteiger partial charge in [0.05, 0.1) is 11.3 Å². The van der Waals surface area contributed by atoms with Crippen molar-refractivity contribution in [2.24, 2.45) is 5.92 Å². The number of thioether (sulfide) groups is 1. The Kier molecular flexibility index (Phi) is 4.34. The lowest BCUT2D eigenvalue weighted by molar-refractivity contribution is -0.176. The van der Waals surface area contributed by atoms with Gasteiger partial charge in [-0.15, -0.1) is 11.8 Å². The number of nitrogens with zero attached hydrogens (tertiary/aromatic N) is 1. The maximum Gasteiger partial charge on any atom is 0.333 e. The van der Waals surface area contributed by atoms with Gasteiger partial charge in [0.1, 0.15) is 6.04 Å². The number of ether oxygens (including phenoxy) is 2. The van der Waals surface area contributed by atoms with E-state index in [1.165, 1.54) is 6.92 Å². The molecule has 2 saturated heterocycles. The summed E-state index contributed by atoms with van der Waals surface area (Å²) < 4.78 is 9.11. The second-order valence-electron chi connectivity index (χ2n) is 5.24. The van der Waals surface area contributed by atoms with E-state index in [0.29, 0.717) is 5.33 Å². The van der Waals surface area contributed by atoms with Crippen LogP contribution in [-0.2, 0) is 23.9 Å². The standard InChI is InChI=1S/C12H16BrNO5S/c1-6(15)18-5-19-11(17)8-12(2,3)20-10-7(4-13)9(16)14(8)10/h7-8,10H,4-5H2,1-3H3/t7-,8-,10+/m0/s1. The van der Waals surface area contributed by atoms with Gasteiger partial charge in [0.2, 0.25) is 12.7 Å². The predicted molar refractivity (Wildman–Crippen MR) is 76.1 cm³/mol. The number of amides is 1. The van der Waals surface area contributed by atoms with Crippen LogP contribution in [0.3, 0.4) is 0 Å². The molecule has 112 valence electrons. The van der Waals surface area contributed by atoms with E-state index in [2.05, 4.69) is 20.7 Å². The highest BCUT2D eigenvalue weighted by molar-refractivity contribution is 9.09. The van der Waals surface area contributed by atoms with Crippen molar-refractivity contribution in [3.05, 3.63) is 0 Å². The summed E-state index contributed by atoms with van der Waals surface area (Å²) in [5, 5.41) is 0.592. The van der Waals surface area contributed by atoms with Crippen molar-refractivity contribution in [3.8, 4) is 0 Å². The predicted octanol–water partition coefficient (Wildman–Crippen LogP) is 1.12. The largest absolute Gasteiger partial charge is 0.428 e. The van der Waals surface area contributed by atoms with Crippen molar-refractivity contribution >= 4 is 45.5 Å². The van der Waals surface area contributed by atoms with Crippen LogP contribution in [0.15, 0.2) is 0 Å². The molecular formula is C12H16BrNO5S. The van der Waals surface area contributed by atoms with Crippen LogP contribution >= 0.6 is 27.7 Å². The number of β-lactam (4-membered cyclic amide) rings is 1. The summed E-state index contributed by atoms with van der Waals surface area (Å²) in [6.45, 7) is 4.64. The van der Waals surface area contributed by atoms with Crippen molar-refractivity contribution in [2.45, 2.75) is 36.9 Å². The Morgan fingerprint density at radius 1 is 1.40 bits per heavy atom. The first-order valence-corrected chi connectivity index (χ1v) is 8.15. The van der Waals surface area contributed by atoms with E-state index in [0.717, 1.165) is 0 Å². The van der Waals surface area contributed by atoms with Gasteiger partial charge in [-0.05, 0) is 13.8 Å². The van der Waals surface area contributed by atoms with E-state index >= 15 is 0 Å². The summed E-state index contributed by atoms with van der Waals surface area (Å²) in [5.74, 6) is -1.19. The number of hydrogen-bond acceptors (Lipinski definition) is 6. The topological polar surface area (TPSA) is 72.9 Å². The van der Waals surface area contributed by atoms with E-state index in [1.54, 1.807) is 16.7 Å². The zero-order chi connectivity index (χ0) is 15.1. The van der Waals surface area contributed by atoms with Crippen molar-refractivity contribution in [1.29, 1.82) is 0 Å². The highest BCUT2D eigenvalue weighted by atomic mass is 79.9. The maximum atomic E-state index is 12.1. The lowest BCUT2D eigenvalue weighted by Crippen LogP contribution is -2.63. The number of hydrogen-bond donors (Lipinski definition) is 0. The molecule has 2 aliphatic heterocycles. The van der Waals surface area contributed by atoms with Crippen LogP contribution in [0.5, 0.6) is 0 Å². The quantitative estimate of drug-likeness (QED) is 0.321. The summed E-state index contributed by atoms with van der Waals surface area (Å²) in [7, 11) is 0. The number of halogens is 1. The third-order valence-electron chi connectivity index (χ3n) is 3.40. The molecule has 6 nitrogen and oxygen atoms in total. The van der Waals surface area contributed by atoms with Crippen molar-refractivity contribution in [2.75, 3.05) is 12.1 Å².